The minimum atomic E-state index is -0.975. The Hall–Kier alpha value is -5.25. The molecule has 2 aromatic heterocycles. The summed E-state index contributed by atoms with van der Waals surface area (Å²) in [5.74, 6) is -1.55. The highest BCUT2D eigenvalue weighted by Gasteiger charge is 2.55. The summed E-state index contributed by atoms with van der Waals surface area (Å²) in [4.78, 5) is 56.8. The summed E-state index contributed by atoms with van der Waals surface area (Å²) in [5, 5.41) is 7.97. The van der Waals surface area contributed by atoms with Crippen LogP contribution in [0.5, 0.6) is 0 Å². The van der Waals surface area contributed by atoms with E-state index in [1.165, 1.54) is 34.5 Å². The van der Waals surface area contributed by atoms with E-state index < -0.39 is 35.3 Å². The number of anilines is 1. The Morgan fingerprint density at radius 2 is 1.86 bits per heavy atom. The van der Waals surface area contributed by atoms with Gasteiger partial charge in [0, 0.05) is 34.6 Å². The van der Waals surface area contributed by atoms with Crippen LogP contribution in [0.4, 0.5) is 5.13 Å². The van der Waals surface area contributed by atoms with E-state index in [1.54, 1.807) is 12.4 Å². The van der Waals surface area contributed by atoms with E-state index >= 15 is 0 Å². The normalized spacial score (nSPS) is 17.4. The summed E-state index contributed by atoms with van der Waals surface area (Å²) >= 11 is 3.62. The molecule has 2 aliphatic rings. The van der Waals surface area contributed by atoms with Gasteiger partial charge in [-0.05, 0) is 34.2 Å². The van der Waals surface area contributed by atoms with Crippen molar-refractivity contribution < 1.29 is 24.0 Å². The van der Waals surface area contributed by atoms with Crippen LogP contribution in [0.25, 0.3) is 6.08 Å². The number of fused-ring (bicyclic) bond motifs is 1. The monoisotopic (exact) mass is 711 g/mol. The van der Waals surface area contributed by atoms with Crippen molar-refractivity contribution in [2.75, 3.05) is 18.1 Å². The van der Waals surface area contributed by atoms with Crippen molar-refractivity contribution in [1.29, 1.82) is 0 Å². The average Bonchev–Trinajstić information content (AvgIpc) is 3.57. The van der Waals surface area contributed by atoms with Crippen LogP contribution in [0.1, 0.15) is 28.6 Å². The van der Waals surface area contributed by atoms with Crippen LogP contribution in [-0.2, 0) is 24.0 Å². The number of pyridine rings is 1. The van der Waals surface area contributed by atoms with Gasteiger partial charge in [0.25, 0.3) is 11.8 Å². The second-order valence-corrected chi connectivity index (χ2v) is 13.3. The number of nitrogen functional groups attached to an aromatic ring is 1. The smallest absolute Gasteiger partial charge is 0.356 e. The molecule has 2 amide bonds. The Kier molecular flexibility index (Phi) is 10.8. The molecule has 2 aromatic carbocycles. The van der Waals surface area contributed by atoms with Gasteiger partial charge in [0.15, 0.2) is 11.2 Å². The van der Waals surface area contributed by atoms with E-state index in [4.69, 9.17) is 15.3 Å². The summed E-state index contributed by atoms with van der Waals surface area (Å²) in [6.07, 6.45) is 6.01. The van der Waals surface area contributed by atoms with Crippen molar-refractivity contribution >= 4 is 69.8 Å². The van der Waals surface area contributed by atoms with Crippen LogP contribution < -0.4 is 11.1 Å². The molecule has 0 bridgehead atoms. The van der Waals surface area contributed by atoms with Gasteiger partial charge in [-0.1, -0.05) is 96.3 Å². The molecule has 1 fully saturated rings. The number of carbonyl (C=O) groups excluding carboxylic acids is 3. The zero-order valence-electron chi connectivity index (χ0n) is 25.7. The van der Waals surface area contributed by atoms with E-state index in [0.717, 1.165) is 28.2 Å². The molecule has 0 spiro atoms. The number of amides is 2. The minimum Gasteiger partial charge on any atom is -0.448 e. The maximum absolute atomic E-state index is 14.2. The van der Waals surface area contributed by atoms with Gasteiger partial charge < -0.3 is 20.6 Å². The van der Waals surface area contributed by atoms with Gasteiger partial charge in [-0.15, -0.1) is 11.8 Å². The van der Waals surface area contributed by atoms with Crippen molar-refractivity contribution in [1.82, 2.24) is 24.6 Å². The molecule has 248 valence electrons. The predicted molar refractivity (Wildman–Crippen MR) is 191 cm³/mol. The number of nitrogens with one attached hydrogen (secondary N) is 1. The maximum Gasteiger partial charge on any atom is 0.356 e. The van der Waals surface area contributed by atoms with Crippen LogP contribution in [0.2, 0.25) is 0 Å². The number of β-lactam (4-membered cyclic amide) rings is 1. The Bertz CT molecular complexity index is 1880. The Morgan fingerprint density at radius 1 is 1.12 bits per heavy atom. The number of nitrogens with two attached hydrogens (primary N) is 1. The largest absolute Gasteiger partial charge is 0.448 e. The molecule has 0 saturated carbocycles. The number of aromatic nitrogens is 3. The maximum atomic E-state index is 14.2. The molecule has 12 nitrogen and oxygen atoms in total. The molecular formula is C34H29N7O5S3. The molecule has 2 aliphatic heterocycles. The van der Waals surface area contributed by atoms with E-state index in [1.807, 2.05) is 84.3 Å². The van der Waals surface area contributed by atoms with Crippen molar-refractivity contribution in [3.63, 3.8) is 0 Å². The second-order valence-electron chi connectivity index (χ2n) is 10.4. The SMILES string of the molecule is C=CCO/N=C(\C(=O)NC1C(=O)N2C(C(=O)OC(c3ccccc3)c3ccccc3)=C(S/C=C\c3cccnc3)CS[C@H]12)c1nsc(N)n1. The first-order valence-electron chi connectivity index (χ1n) is 14.9. The lowest BCUT2D eigenvalue weighted by molar-refractivity contribution is -0.154. The van der Waals surface area contributed by atoms with Gasteiger partial charge in [-0.3, -0.25) is 19.5 Å². The number of oxime groups is 1. The van der Waals surface area contributed by atoms with Crippen LogP contribution in [0.3, 0.4) is 0 Å². The topological polar surface area (TPSA) is 162 Å². The first kappa shape index (κ1) is 33.6. The fraction of sp³-hybridized carbons (Fsp3) is 0.147. The lowest BCUT2D eigenvalue weighted by Crippen LogP contribution is -2.71. The third-order valence-corrected chi connectivity index (χ3v) is 10.1. The first-order chi connectivity index (χ1) is 23.9. The van der Waals surface area contributed by atoms with Gasteiger partial charge in [0.05, 0.1) is 0 Å². The van der Waals surface area contributed by atoms with Crippen molar-refractivity contribution in [3.05, 3.63) is 136 Å². The van der Waals surface area contributed by atoms with E-state index in [0.29, 0.717) is 10.7 Å². The number of esters is 1. The van der Waals surface area contributed by atoms with Crippen LogP contribution in [-0.4, -0.2) is 66.5 Å². The average molecular weight is 712 g/mol. The van der Waals surface area contributed by atoms with Crippen molar-refractivity contribution in [2.24, 2.45) is 5.16 Å². The summed E-state index contributed by atoms with van der Waals surface area (Å²) in [6, 6.07) is 21.6. The number of thioether (sulfide) groups is 2. The summed E-state index contributed by atoms with van der Waals surface area (Å²) < 4.78 is 10.3. The fourth-order valence-corrected chi connectivity index (χ4v) is 7.75. The Labute approximate surface area is 294 Å². The number of hydrogen-bond donors (Lipinski definition) is 2. The summed E-state index contributed by atoms with van der Waals surface area (Å²) in [7, 11) is 0. The molecule has 4 aromatic rings. The number of carbonyl (C=O) groups is 3. The Balaban J connectivity index is 1.28. The molecule has 4 heterocycles. The van der Waals surface area contributed by atoms with E-state index in [-0.39, 0.29) is 29.0 Å². The zero-order valence-corrected chi connectivity index (χ0v) is 28.2. The van der Waals surface area contributed by atoms with E-state index in [9.17, 15) is 14.4 Å². The standard InChI is InChI=1S/C34H29N7O5S3/c1-2-17-45-39-25(29-38-34(35)49-40-29)30(42)37-26-31(43)41-27(24(20-48-32(26)41)47-18-15-21-10-9-16-36-19-21)33(44)46-28(22-11-5-3-6-12-22)23-13-7-4-8-14-23/h2-16,18-19,26,28,32H,1,17,20H2,(H,37,42)(H2,35,38,40)/b18-15-,39-25-/t26?,32-/m1/s1. The molecule has 0 aliphatic carbocycles. The second kappa shape index (κ2) is 15.8. The summed E-state index contributed by atoms with van der Waals surface area (Å²) in [5.41, 5.74) is 8.03. The minimum absolute atomic E-state index is 0.0317. The van der Waals surface area contributed by atoms with Gasteiger partial charge in [-0.25, -0.2) is 4.79 Å². The lowest BCUT2D eigenvalue weighted by Gasteiger charge is -2.49. The third kappa shape index (κ3) is 7.74. The number of hydrogen-bond acceptors (Lipinski definition) is 13. The van der Waals surface area contributed by atoms with Gasteiger partial charge in [-0.2, -0.15) is 9.36 Å². The van der Waals surface area contributed by atoms with Gasteiger partial charge in [0.2, 0.25) is 11.5 Å². The first-order valence-corrected chi connectivity index (χ1v) is 17.6. The highest BCUT2D eigenvalue weighted by Crippen LogP contribution is 2.45. The zero-order chi connectivity index (χ0) is 34.2. The lowest BCUT2D eigenvalue weighted by atomic mass is 10.0. The number of benzene rings is 2. The molecule has 15 heteroatoms. The van der Waals surface area contributed by atoms with E-state index in [2.05, 4.69) is 31.4 Å². The molecule has 6 rings (SSSR count). The number of rotatable bonds is 13. The quantitative estimate of drug-likeness (QED) is 0.0491. The van der Waals surface area contributed by atoms with Crippen molar-refractivity contribution in [3.8, 4) is 0 Å². The summed E-state index contributed by atoms with van der Waals surface area (Å²) in [6.45, 7) is 3.60. The van der Waals surface area contributed by atoms with Crippen LogP contribution >= 0.6 is 35.1 Å². The highest BCUT2D eigenvalue weighted by atomic mass is 32.2. The van der Waals surface area contributed by atoms with Crippen molar-refractivity contribution in [2.45, 2.75) is 17.5 Å². The Morgan fingerprint density at radius 3 is 2.49 bits per heavy atom. The third-order valence-electron chi connectivity index (χ3n) is 7.21. The molecular weight excluding hydrogens is 683 g/mol. The highest BCUT2D eigenvalue weighted by molar-refractivity contribution is 8.08. The molecule has 49 heavy (non-hydrogen) atoms. The number of nitrogens with zero attached hydrogens (tertiary/aromatic N) is 5. The van der Waals surface area contributed by atoms with Crippen LogP contribution in [0.15, 0.2) is 119 Å². The molecule has 3 N–H and O–H groups in total. The van der Waals surface area contributed by atoms with Gasteiger partial charge in [0.1, 0.15) is 23.7 Å². The van der Waals surface area contributed by atoms with Gasteiger partial charge >= 0.3 is 5.97 Å². The molecule has 1 saturated heterocycles. The number of ether oxygens (including phenoxy) is 1. The molecule has 2 atom stereocenters. The van der Waals surface area contributed by atoms with Crippen LogP contribution in [0, 0.1) is 0 Å². The molecule has 0 radical (unpaired) electrons. The molecule has 1 unspecified atom stereocenters. The predicted octanol–water partition coefficient (Wildman–Crippen LogP) is 4.77. The fourth-order valence-electron chi connectivity index (χ4n) is 4.97.